The van der Waals surface area contributed by atoms with Gasteiger partial charge in [-0.1, -0.05) is 36.8 Å². The Hall–Kier alpha value is -1.31. The molecule has 20 heavy (non-hydrogen) atoms. The van der Waals surface area contributed by atoms with Crippen LogP contribution in [0.4, 0.5) is 0 Å². The Balaban J connectivity index is 1.44. The van der Waals surface area contributed by atoms with E-state index >= 15 is 0 Å². The van der Waals surface area contributed by atoms with Gasteiger partial charge >= 0.3 is 0 Å². The molecule has 1 aromatic carbocycles. The van der Waals surface area contributed by atoms with Crippen LogP contribution in [0.25, 0.3) is 0 Å². The Labute approximate surface area is 122 Å². The predicted molar refractivity (Wildman–Crippen MR) is 81.3 cm³/mol. The molecule has 0 heterocycles. The molecule has 0 radical (unpaired) electrons. The molecule has 4 unspecified atom stereocenters. The average Bonchev–Trinajstić information content (AvgIpc) is 3.09. The van der Waals surface area contributed by atoms with Gasteiger partial charge in [-0.15, -0.1) is 0 Å². The number of carbonyl (C=O) groups is 1. The molecular formula is C18H25NO. The van der Waals surface area contributed by atoms with Gasteiger partial charge in [-0.2, -0.15) is 0 Å². The zero-order valence-corrected chi connectivity index (χ0v) is 12.3. The molecule has 2 aliphatic carbocycles. The second-order valence-electron chi connectivity index (χ2n) is 6.72. The average molecular weight is 271 g/mol. The third kappa shape index (κ3) is 3.05. The fourth-order valence-corrected chi connectivity index (χ4v) is 4.02. The number of hydrogen-bond donors (Lipinski definition) is 1. The number of benzene rings is 1. The van der Waals surface area contributed by atoms with Crippen molar-refractivity contribution in [3.63, 3.8) is 0 Å². The standard InChI is InChI=1S/C18H25NO/c1-13(7-8-14-5-3-2-4-6-14)19-18(20)17-12-15-9-10-16(17)11-15/h2-6,13,15-17H,7-12H2,1H3,(H,19,20). The Morgan fingerprint density at radius 3 is 2.70 bits per heavy atom. The van der Waals surface area contributed by atoms with E-state index < -0.39 is 0 Å². The molecule has 1 N–H and O–H groups in total. The topological polar surface area (TPSA) is 29.1 Å². The van der Waals surface area contributed by atoms with Gasteiger partial charge in [0.25, 0.3) is 0 Å². The van der Waals surface area contributed by atoms with Crippen LogP contribution in [0.2, 0.25) is 0 Å². The summed E-state index contributed by atoms with van der Waals surface area (Å²) in [7, 11) is 0. The normalized spacial score (nSPS) is 29.4. The van der Waals surface area contributed by atoms with Crippen LogP contribution in [0.5, 0.6) is 0 Å². The lowest BCUT2D eigenvalue weighted by atomic mass is 9.88. The van der Waals surface area contributed by atoms with Crippen LogP contribution in [0, 0.1) is 17.8 Å². The number of aryl methyl sites for hydroxylation is 1. The fourth-order valence-electron chi connectivity index (χ4n) is 4.02. The van der Waals surface area contributed by atoms with Crippen molar-refractivity contribution in [2.45, 2.75) is 51.5 Å². The molecule has 3 rings (SSSR count). The predicted octanol–water partition coefficient (Wildman–Crippen LogP) is 3.56. The molecule has 0 spiro atoms. The van der Waals surface area contributed by atoms with Crippen molar-refractivity contribution in [1.82, 2.24) is 5.32 Å². The van der Waals surface area contributed by atoms with E-state index in [4.69, 9.17) is 0 Å². The lowest BCUT2D eigenvalue weighted by Crippen LogP contribution is -2.39. The van der Waals surface area contributed by atoms with E-state index in [0.29, 0.717) is 17.7 Å². The zero-order chi connectivity index (χ0) is 13.9. The van der Waals surface area contributed by atoms with Gasteiger partial charge in [-0.25, -0.2) is 0 Å². The van der Waals surface area contributed by atoms with Crippen LogP contribution in [-0.2, 0) is 11.2 Å². The summed E-state index contributed by atoms with van der Waals surface area (Å²) in [6, 6.07) is 10.8. The van der Waals surface area contributed by atoms with Crippen LogP contribution in [0.1, 0.15) is 44.6 Å². The summed E-state index contributed by atoms with van der Waals surface area (Å²) >= 11 is 0. The van der Waals surface area contributed by atoms with Crippen molar-refractivity contribution in [3.05, 3.63) is 35.9 Å². The highest BCUT2D eigenvalue weighted by Gasteiger charge is 2.43. The van der Waals surface area contributed by atoms with Crippen molar-refractivity contribution >= 4 is 5.91 Å². The quantitative estimate of drug-likeness (QED) is 0.871. The van der Waals surface area contributed by atoms with Crippen LogP contribution in [0.15, 0.2) is 30.3 Å². The van der Waals surface area contributed by atoms with E-state index in [9.17, 15) is 4.79 Å². The van der Waals surface area contributed by atoms with Crippen LogP contribution in [0.3, 0.4) is 0 Å². The summed E-state index contributed by atoms with van der Waals surface area (Å²) in [5, 5.41) is 3.24. The van der Waals surface area contributed by atoms with E-state index in [1.165, 1.54) is 24.8 Å². The summed E-state index contributed by atoms with van der Waals surface area (Å²) in [5.41, 5.74) is 1.36. The first-order valence-electron chi connectivity index (χ1n) is 8.06. The third-order valence-corrected chi connectivity index (χ3v) is 5.17. The van der Waals surface area contributed by atoms with Gasteiger partial charge < -0.3 is 5.32 Å². The van der Waals surface area contributed by atoms with Gasteiger partial charge in [-0.3, -0.25) is 4.79 Å². The molecule has 2 bridgehead atoms. The van der Waals surface area contributed by atoms with E-state index in [2.05, 4.69) is 36.5 Å². The molecule has 2 heteroatoms. The Morgan fingerprint density at radius 2 is 2.05 bits per heavy atom. The van der Waals surface area contributed by atoms with Crippen LogP contribution >= 0.6 is 0 Å². The second kappa shape index (κ2) is 5.99. The number of hydrogen-bond acceptors (Lipinski definition) is 1. The van der Waals surface area contributed by atoms with Crippen molar-refractivity contribution in [2.75, 3.05) is 0 Å². The highest BCUT2D eigenvalue weighted by molar-refractivity contribution is 5.79. The first-order valence-corrected chi connectivity index (χ1v) is 8.06. The maximum Gasteiger partial charge on any atom is 0.223 e. The van der Waals surface area contributed by atoms with Crippen molar-refractivity contribution in [2.24, 2.45) is 17.8 Å². The molecule has 1 amide bonds. The molecule has 108 valence electrons. The monoisotopic (exact) mass is 271 g/mol. The maximum absolute atomic E-state index is 12.3. The maximum atomic E-state index is 12.3. The molecule has 2 saturated carbocycles. The van der Waals surface area contributed by atoms with Gasteiger partial charge in [0.05, 0.1) is 0 Å². The van der Waals surface area contributed by atoms with E-state index in [1.54, 1.807) is 0 Å². The van der Waals surface area contributed by atoms with Gasteiger partial charge in [0.1, 0.15) is 0 Å². The van der Waals surface area contributed by atoms with Crippen molar-refractivity contribution in [1.29, 1.82) is 0 Å². The fraction of sp³-hybridized carbons (Fsp3) is 0.611. The summed E-state index contributed by atoms with van der Waals surface area (Å²) in [5.74, 6) is 2.15. The second-order valence-corrected chi connectivity index (χ2v) is 6.72. The number of carbonyl (C=O) groups excluding carboxylic acids is 1. The van der Waals surface area contributed by atoms with Crippen LogP contribution in [-0.4, -0.2) is 11.9 Å². The summed E-state index contributed by atoms with van der Waals surface area (Å²) in [4.78, 5) is 12.3. The molecule has 4 atom stereocenters. The SMILES string of the molecule is CC(CCc1ccccc1)NC(=O)C1CC2CCC1C2. The summed E-state index contributed by atoms with van der Waals surface area (Å²) in [6.07, 6.45) is 7.15. The molecule has 0 saturated heterocycles. The molecule has 0 aromatic heterocycles. The Morgan fingerprint density at radius 1 is 1.25 bits per heavy atom. The lowest BCUT2D eigenvalue weighted by molar-refractivity contribution is -0.127. The molecule has 2 nitrogen and oxygen atoms in total. The zero-order valence-electron chi connectivity index (χ0n) is 12.3. The van der Waals surface area contributed by atoms with E-state index in [1.807, 2.05) is 6.07 Å². The minimum Gasteiger partial charge on any atom is -0.353 e. The summed E-state index contributed by atoms with van der Waals surface area (Å²) < 4.78 is 0. The molecule has 0 aliphatic heterocycles. The Kier molecular flexibility index (Phi) is 4.09. The van der Waals surface area contributed by atoms with Gasteiger partial charge in [0, 0.05) is 12.0 Å². The largest absolute Gasteiger partial charge is 0.353 e. The summed E-state index contributed by atoms with van der Waals surface area (Å²) in [6.45, 7) is 2.13. The molecule has 2 fully saturated rings. The first kappa shape index (κ1) is 13.7. The number of amides is 1. The highest BCUT2D eigenvalue weighted by atomic mass is 16.2. The minimum absolute atomic E-state index is 0.279. The number of rotatable bonds is 5. The van der Waals surface area contributed by atoms with Crippen LogP contribution < -0.4 is 5.32 Å². The number of nitrogens with one attached hydrogen (secondary N) is 1. The Bertz CT molecular complexity index is 456. The van der Waals surface area contributed by atoms with Gasteiger partial charge in [0.15, 0.2) is 0 Å². The van der Waals surface area contributed by atoms with Gasteiger partial charge in [0.2, 0.25) is 5.91 Å². The lowest BCUT2D eigenvalue weighted by Gasteiger charge is -2.23. The molecule has 1 aromatic rings. The van der Waals surface area contributed by atoms with Crippen molar-refractivity contribution < 1.29 is 4.79 Å². The minimum atomic E-state index is 0.279. The molecule has 2 aliphatic rings. The van der Waals surface area contributed by atoms with Crippen molar-refractivity contribution in [3.8, 4) is 0 Å². The highest BCUT2D eigenvalue weighted by Crippen LogP contribution is 2.48. The smallest absolute Gasteiger partial charge is 0.223 e. The van der Waals surface area contributed by atoms with E-state index in [0.717, 1.165) is 25.2 Å². The number of fused-ring (bicyclic) bond motifs is 2. The first-order chi connectivity index (χ1) is 9.72. The molecular weight excluding hydrogens is 246 g/mol. The van der Waals surface area contributed by atoms with Gasteiger partial charge in [-0.05, 0) is 56.4 Å². The third-order valence-electron chi connectivity index (χ3n) is 5.17. The van der Waals surface area contributed by atoms with E-state index in [-0.39, 0.29) is 6.04 Å².